The van der Waals surface area contributed by atoms with Crippen molar-refractivity contribution in [3.8, 4) is 0 Å². The van der Waals surface area contributed by atoms with Gasteiger partial charge in [0.1, 0.15) is 5.84 Å². The zero-order valence-corrected chi connectivity index (χ0v) is 9.94. The second-order valence-corrected chi connectivity index (χ2v) is 4.46. The second kappa shape index (κ2) is 6.47. The van der Waals surface area contributed by atoms with E-state index in [0.717, 1.165) is 5.56 Å². The highest BCUT2D eigenvalue weighted by Crippen LogP contribution is 2.15. The zero-order chi connectivity index (χ0) is 12.0. The molecule has 6 heteroatoms. The van der Waals surface area contributed by atoms with E-state index in [1.54, 1.807) is 11.3 Å². The zero-order valence-electron chi connectivity index (χ0n) is 9.13. The fourth-order valence-electron chi connectivity index (χ4n) is 1.32. The third-order valence-electron chi connectivity index (χ3n) is 2.23. The molecule has 0 aromatic carbocycles. The number of nitrogens with zero attached hydrogens (tertiary/aromatic N) is 1. The predicted molar refractivity (Wildman–Crippen MR) is 64.8 cm³/mol. The maximum atomic E-state index is 9.78. The molecular weight excluding hydrogens is 226 g/mol. The Hall–Kier alpha value is -1.11. The topological polar surface area (TPSA) is 90.9 Å². The minimum Gasteiger partial charge on any atom is -0.409 e. The Balaban J connectivity index is 2.29. The Morgan fingerprint density at radius 2 is 2.44 bits per heavy atom. The van der Waals surface area contributed by atoms with Crippen LogP contribution in [0.25, 0.3) is 0 Å². The minimum absolute atomic E-state index is 0.0594. The van der Waals surface area contributed by atoms with Gasteiger partial charge < -0.3 is 21.4 Å². The molecule has 16 heavy (non-hydrogen) atoms. The Bertz CT molecular complexity index is 327. The standard InChI is InChI=1S/C10H17N3O2S/c1-7(4-10(11)13-15)12-5-9(14)8-2-3-16-6-8/h2-3,6-7,9,12,14-15H,4-5H2,1H3,(H2,11,13). The fourth-order valence-corrected chi connectivity index (χ4v) is 2.03. The molecule has 1 rings (SSSR count). The van der Waals surface area contributed by atoms with Crippen LogP contribution in [0.1, 0.15) is 25.0 Å². The van der Waals surface area contributed by atoms with Crippen LogP contribution in [0.4, 0.5) is 0 Å². The molecule has 5 nitrogen and oxygen atoms in total. The molecular formula is C10H17N3O2S. The maximum absolute atomic E-state index is 9.78. The van der Waals surface area contributed by atoms with Gasteiger partial charge in [0.2, 0.25) is 0 Å². The van der Waals surface area contributed by atoms with Crippen molar-refractivity contribution in [1.29, 1.82) is 0 Å². The summed E-state index contributed by atoms with van der Waals surface area (Å²) in [6.07, 6.45) is -0.0617. The number of hydrogen-bond donors (Lipinski definition) is 4. The number of nitrogens with two attached hydrogens (primary N) is 1. The molecule has 0 spiro atoms. The van der Waals surface area contributed by atoms with Crippen LogP contribution in [0.3, 0.4) is 0 Å². The monoisotopic (exact) mass is 243 g/mol. The lowest BCUT2D eigenvalue weighted by molar-refractivity contribution is 0.171. The number of oxime groups is 1. The normalized spacial score (nSPS) is 16.0. The van der Waals surface area contributed by atoms with Crippen LogP contribution in [-0.4, -0.2) is 28.7 Å². The number of aliphatic hydroxyl groups is 1. The summed E-state index contributed by atoms with van der Waals surface area (Å²) in [5.41, 5.74) is 6.28. The van der Waals surface area contributed by atoms with Crippen LogP contribution in [0.5, 0.6) is 0 Å². The van der Waals surface area contributed by atoms with Gasteiger partial charge in [-0.15, -0.1) is 0 Å². The number of hydrogen-bond acceptors (Lipinski definition) is 5. The number of nitrogens with one attached hydrogen (secondary N) is 1. The third kappa shape index (κ3) is 4.18. The molecule has 1 aromatic heterocycles. The lowest BCUT2D eigenvalue weighted by Gasteiger charge is -2.15. The first-order valence-corrected chi connectivity index (χ1v) is 5.97. The van der Waals surface area contributed by atoms with Gasteiger partial charge in [0.25, 0.3) is 0 Å². The van der Waals surface area contributed by atoms with Crippen LogP contribution in [0.15, 0.2) is 22.0 Å². The molecule has 2 atom stereocenters. The van der Waals surface area contributed by atoms with E-state index in [9.17, 15) is 5.11 Å². The Kier molecular flexibility index (Phi) is 5.24. The van der Waals surface area contributed by atoms with Crippen molar-refractivity contribution in [2.24, 2.45) is 10.9 Å². The summed E-state index contributed by atoms with van der Waals surface area (Å²) in [7, 11) is 0. The Morgan fingerprint density at radius 3 is 3.00 bits per heavy atom. The van der Waals surface area contributed by atoms with E-state index < -0.39 is 6.10 Å². The smallest absolute Gasteiger partial charge is 0.140 e. The van der Waals surface area contributed by atoms with Crippen molar-refractivity contribution in [3.05, 3.63) is 22.4 Å². The summed E-state index contributed by atoms with van der Waals surface area (Å²) < 4.78 is 0. The van der Waals surface area contributed by atoms with E-state index in [1.807, 2.05) is 23.8 Å². The average molecular weight is 243 g/mol. The van der Waals surface area contributed by atoms with Crippen molar-refractivity contribution in [3.63, 3.8) is 0 Å². The van der Waals surface area contributed by atoms with Gasteiger partial charge in [-0.2, -0.15) is 11.3 Å². The molecule has 0 saturated carbocycles. The number of aliphatic hydroxyl groups excluding tert-OH is 1. The first-order valence-electron chi connectivity index (χ1n) is 5.03. The molecule has 90 valence electrons. The molecule has 2 unspecified atom stereocenters. The highest BCUT2D eigenvalue weighted by molar-refractivity contribution is 7.07. The lowest BCUT2D eigenvalue weighted by Crippen LogP contribution is -2.34. The van der Waals surface area contributed by atoms with E-state index in [1.165, 1.54) is 0 Å². The minimum atomic E-state index is -0.513. The van der Waals surface area contributed by atoms with Crippen LogP contribution in [0.2, 0.25) is 0 Å². The van der Waals surface area contributed by atoms with E-state index in [0.29, 0.717) is 13.0 Å². The van der Waals surface area contributed by atoms with Crippen LogP contribution < -0.4 is 11.1 Å². The number of amidine groups is 1. The van der Waals surface area contributed by atoms with Crippen LogP contribution in [0, 0.1) is 0 Å². The van der Waals surface area contributed by atoms with Gasteiger partial charge in [-0.25, -0.2) is 0 Å². The Morgan fingerprint density at radius 1 is 1.69 bits per heavy atom. The molecule has 0 aliphatic carbocycles. The van der Waals surface area contributed by atoms with Crippen molar-refractivity contribution in [2.45, 2.75) is 25.5 Å². The molecule has 0 amide bonds. The highest BCUT2D eigenvalue weighted by Gasteiger charge is 2.10. The third-order valence-corrected chi connectivity index (χ3v) is 2.93. The van der Waals surface area contributed by atoms with Crippen molar-refractivity contribution >= 4 is 17.2 Å². The molecule has 1 heterocycles. The van der Waals surface area contributed by atoms with E-state index in [-0.39, 0.29) is 11.9 Å². The van der Waals surface area contributed by atoms with Crippen LogP contribution >= 0.6 is 11.3 Å². The first kappa shape index (κ1) is 13.0. The summed E-state index contributed by atoms with van der Waals surface area (Å²) in [5, 5.41) is 28.0. The molecule has 1 aromatic rings. The highest BCUT2D eigenvalue weighted by atomic mass is 32.1. The maximum Gasteiger partial charge on any atom is 0.140 e. The molecule has 0 fully saturated rings. The largest absolute Gasteiger partial charge is 0.409 e. The fraction of sp³-hybridized carbons (Fsp3) is 0.500. The number of rotatable bonds is 6. The van der Waals surface area contributed by atoms with Crippen molar-refractivity contribution in [1.82, 2.24) is 5.32 Å². The Labute approximate surface area is 98.6 Å². The van der Waals surface area contributed by atoms with Gasteiger partial charge in [0, 0.05) is 19.0 Å². The van der Waals surface area contributed by atoms with Crippen LogP contribution in [-0.2, 0) is 0 Å². The van der Waals surface area contributed by atoms with E-state index in [2.05, 4.69) is 10.5 Å². The molecule has 0 radical (unpaired) electrons. The van der Waals surface area contributed by atoms with E-state index in [4.69, 9.17) is 10.9 Å². The predicted octanol–water partition coefficient (Wildman–Crippen LogP) is 0.896. The van der Waals surface area contributed by atoms with Gasteiger partial charge in [0.15, 0.2) is 0 Å². The summed E-state index contributed by atoms with van der Waals surface area (Å²) in [6.45, 7) is 2.37. The SMILES string of the molecule is CC(C/C(N)=N/O)NCC(O)c1ccsc1. The summed E-state index contributed by atoms with van der Waals surface area (Å²) in [6, 6.07) is 1.95. The first-order chi connectivity index (χ1) is 7.63. The second-order valence-electron chi connectivity index (χ2n) is 3.68. The van der Waals surface area contributed by atoms with Gasteiger partial charge in [-0.3, -0.25) is 0 Å². The van der Waals surface area contributed by atoms with Gasteiger partial charge in [-0.05, 0) is 29.3 Å². The quantitative estimate of drug-likeness (QED) is 0.258. The van der Waals surface area contributed by atoms with Crippen molar-refractivity contribution < 1.29 is 10.3 Å². The summed E-state index contributed by atoms with van der Waals surface area (Å²) >= 11 is 1.56. The average Bonchev–Trinajstić information content (AvgIpc) is 2.79. The van der Waals surface area contributed by atoms with Crippen molar-refractivity contribution in [2.75, 3.05) is 6.54 Å². The summed E-state index contributed by atoms with van der Waals surface area (Å²) in [4.78, 5) is 0. The van der Waals surface area contributed by atoms with Gasteiger partial charge in [0.05, 0.1) is 6.10 Å². The van der Waals surface area contributed by atoms with E-state index >= 15 is 0 Å². The number of thiophene rings is 1. The van der Waals surface area contributed by atoms with Gasteiger partial charge >= 0.3 is 0 Å². The molecule has 0 saturated heterocycles. The summed E-state index contributed by atoms with van der Waals surface area (Å²) in [5.74, 6) is 0.185. The lowest BCUT2D eigenvalue weighted by atomic mass is 10.1. The molecule has 0 aliphatic heterocycles. The molecule has 0 aliphatic rings. The molecule has 0 bridgehead atoms. The molecule has 5 N–H and O–H groups in total. The van der Waals surface area contributed by atoms with Gasteiger partial charge in [-0.1, -0.05) is 5.16 Å².